The summed E-state index contributed by atoms with van der Waals surface area (Å²) >= 11 is 1.78. The molecule has 0 saturated heterocycles. The summed E-state index contributed by atoms with van der Waals surface area (Å²) in [6.07, 6.45) is 3.78. The Bertz CT molecular complexity index is 523. The second kappa shape index (κ2) is 7.68. The molecule has 21 heavy (non-hydrogen) atoms. The van der Waals surface area contributed by atoms with E-state index in [1.807, 2.05) is 6.92 Å². The average molecular weight is 309 g/mol. The van der Waals surface area contributed by atoms with Gasteiger partial charge in [-0.3, -0.25) is 0 Å². The van der Waals surface area contributed by atoms with E-state index in [4.69, 9.17) is 15.0 Å². The summed E-state index contributed by atoms with van der Waals surface area (Å²) in [5, 5.41) is 6.09. The molecule has 6 heteroatoms. The van der Waals surface area contributed by atoms with E-state index < -0.39 is 5.54 Å². The largest absolute Gasteiger partial charge is 0.379 e. The van der Waals surface area contributed by atoms with Gasteiger partial charge in [-0.15, -0.1) is 11.3 Å². The zero-order valence-electron chi connectivity index (χ0n) is 12.7. The molecule has 1 atom stereocenters. The van der Waals surface area contributed by atoms with E-state index in [9.17, 15) is 0 Å². The SMILES string of the molecule is CCCOCC(C)(N)c1noc(CCCc2cccs2)n1. The van der Waals surface area contributed by atoms with Crippen molar-refractivity contribution in [3.05, 3.63) is 34.1 Å². The molecule has 0 aliphatic carbocycles. The summed E-state index contributed by atoms with van der Waals surface area (Å²) in [5.41, 5.74) is 5.49. The van der Waals surface area contributed by atoms with Crippen LogP contribution in [-0.2, 0) is 23.1 Å². The highest BCUT2D eigenvalue weighted by Crippen LogP contribution is 2.17. The van der Waals surface area contributed by atoms with Crippen LogP contribution in [0.1, 0.15) is 43.3 Å². The third kappa shape index (κ3) is 4.91. The molecular formula is C15H23N3O2S. The number of rotatable bonds is 9. The number of hydrogen-bond acceptors (Lipinski definition) is 6. The van der Waals surface area contributed by atoms with E-state index in [1.165, 1.54) is 4.88 Å². The van der Waals surface area contributed by atoms with Crippen LogP contribution in [-0.4, -0.2) is 23.4 Å². The van der Waals surface area contributed by atoms with Gasteiger partial charge in [0.1, 0.15) is 5.54 Å². The molecule has 0 spiro atoms. The highest BCUT2D eigenvalue weighted by atomic mass is 32.1. The molecule has 2 N–H and O–H groups in total. The van der Waals surface area contributed by atoms with E-state index in [1.54, 1.807) is 11.3 Å². The first-order valence-corrected chi connectivity index (χ1v) is 8.22. The first-order chi connectivity index (χ1) is 10.1. The normalized spacial score (nSPS) is 14.2. The average Bonchev–Trinajstić information content (AvgIpc) is 3.10. The first kappa shape index (κ1) is 16.1. The monoisotopic (exact) mass is 309 g/mol. The molecule has 0 bridgehead atoms. The lowest BCUT2D eigenvalue weighted by molar-refractivity contribution is 0.0867. The van der Waals surface area contributed by atoms with Gasteiger partial charge >= 0.3 is 0 Å². The molecule has 0 aromatic carbocycles. The predicted molar refractivity (Wildman–Crippen MR) is 83.3 cm³/mol. The van der Waals surface area contributed by atoms with Gasteiger partial charge in [0.25, 0.3) is 0 Å². The summed E-state index contributed by atoms with van der Waals surface area (Å²) in [6.45, 7) is 5.02. The van der Waals surface area contributed by atoms with Crippen molar-refractivity contribution >= 4 is 11.3 Å². The van der Waals surface area contributed by atoms with Crippen molar-refractivity contribution in [2.75, 3.05) is 13.2 Å². The molecule has 0 aliphatic heterocycles. The number of hydrogen-bond donors (Lipinski definition) is 1. The molecule has 2 heterocycles. The zero-order valence-corrected chi connectivity index (χ0v) is 13.5. The fourth-order valence-electron chi connectivity index (χ4n) is 1.95. The van der Waals surface area contributed by atoms with E-state index in [0.717, 1.165) is 25.7 Å². The molecule has 2 aromatic rings. The third-order valence-electron chi connectivity index (χ3n) is 3.12. The second-order valence-electron chi connectivity index (χ2n) is 5.41. The maximum Gasteiger partial charge on any atom is 0.226 e. The van der Waals surface area contributed by atoms with Gasteiger partial charge < -0.3 is 15.0 Å². The summed E-state index contributed by atoms with van der Waals surface area (Å²) in [4.78, 5) is 5.78. The lowest BCUT2D eigenvalue weighted by Gasteiger charge is -2.19. The van der Waals surface area contributed by atoms with Crippen molar-refractivity contribution in [2.45, 2.75) is 45.1 Å². The van der Waals surface area contributed by atoms with Gasteiger partial charge in [0, 0.05) is 17.9 Å². The molecule has 0 aliphatic rings. The standard InChI is InChI=1S/C15H23N3O2S/c1-3-9-19-11-15(2,16)14-17-13(20-18-14)8-4-6-12-7-5-10-21-12/h5,7,10H,3-4,6,8-9,11,16H2,1-2H3. The van der Waals surface area contributed by atoms with Crippen LogP contribution in [0.15, 0.2) is 22.0 Å². The Morgan fingerprint density at radius 2 is 2.29 bits per heavy atom. The van der Waals surface area contributed by atoms with Crippen molar-refractivity contribution in [1.29, 1.82) is 0 Å². The zero-order chi connectivity index (χ0) is 15.1. The second-order valence-corrected chi connectivity index (χ2v) is 6.45. The van der Waals surface area contributed by atoms with Crippen LogP contribution in [0.5, 0.6) is 0 Å². The fraction of sp³-hybridized carbons (Fsp3) is 0.600. The van der Waals surface area contributed by atoms with Crippen LogP contribution in [0.4, 0.5) is 0 Å². The van der Waals surface area contributed by atoms with Crippen LogP contribution in [0.2, 0.25) is 0 Å². The number of nitrogens with two attached hydrogens (primary N) is 1. The van der Waals surface area contributed by atoms with Gasteiger partial charge in [-0.2, -0.15) is 4.98 Å². The van der Waals surface area contributed by atoms with E-state index >= 15 is 0 Å². The number of thiophene rings is 1. The number of ether oxygens (including phenoxy) is 1. The molecule has 1 unspecified atom stereocenters. The Hall–Kier alpha value is -1.24. The van der Waals surface area contributed by atoms with Crippen LogP contribution in [0.25, 0.3) is 0 Å². The minimum atomic E-state index is -0.704. The van der Waals surface area contributed by atoms with Crippen molar-refractivity contribution in [1.82, 2.24) is 10.1 Å². The molecular weight excluding hydrogens is 286 g/mol. The summed E-state index contributed by atoms with van der Waals surface area (Å²) in [5.74, 6) is 1.17. The van der Waals surface area contributed by atoms with Crippen molar-refractivity contribution in [3.8, 4) is 0 Å². The Labute approximate surface area is 129 Å². The Morgan fingerprint density at radius 1 is 1.43 bits per heavy atom. The minimum absolute atomic E-state index is 0.398. The summed E-state index contributed by atoms with van der Waals surface area (Å²) < 4.78 is 10.8. The predicted octanol–water partition coefficient (Wildman–Crippen LogP) is 2.91. The van der Waals surface area contributed by atoms with Crippen LogP contribution >= 0.6 is 11.3 Å². The van der Waals surface area contributed by atoms with Gasteiger partial charge in [0.2, 0.25) is 5.89 Å². The topological polar surface area (TPSA) is 74.2 Å². The molecule has 5 nitrogen and oxygen atoms in total. The van der Waals surface area contributed by atoms with E-state index in [2.05, 4.69) is 34.6 Å². The van der Waals surface area contributed by atoms with Crippen molar-refractivity contribution < 1.29 is 9.26 Å². The third-order valence-corrected chi connectivity index (χ3v) is 4.06. The minimum Gasteiger partial charge on any atom is -0.379 e. The van der Waals surface area contributed by atoms with E-state index in [0.29, 0.717) is 24.9 Å². The molecule has 0 radical (unpaired) electrons. The van der Waals surface area contributed by atoms with Gasteiger partial charge in [0.05, 0.1) is 6.61 Å². The highest BCUT2D eigenvalue weighted by molar-refractivity contribution is 7.09. The maximum absolute atomic E-state index is 6.19. The molecule has 2 aromatic heterocycles. The van der Waals surface area contributed by atoms with Crippen molar-refractivity contribution in [3.63, 3.8) is 0 Å². The van der Waals surface area contributed by atoms with Crippen LogP contribution in [0, 0.1) is 0 Å². The van der Waals surface area contributed by atoms with Gasteiger partial charge in [-0.1, -0.05) is 18.1 Å². The number of aromatic nitrogens is 2. The highest BCUT2D eigenvalue weighted by Gasteiger charge is 2.27. The maximum atomic E-state index is 6.19. The number of aryl methyl sites for hydroxylation is 2. The lowest BCUT2D eigenvalue weighted by Crippen LogP contribution is -2.39. The summed E-state index contributed by atoms with van der Waals surface area (Å²) in [6, 6.07) is 4.22. The Balaban J connectivity index is 1.82. The molecule has 0 saturated carbocycles. The first-order valence-electron chi connectivity index (χ1n) is 7.34. The van der Waals surface area contributed by atoms with Gasteiger partial charge in [0.15, 0.2) is 5.82 Å². The smallest absolute Gasteiger partial charge is 0.226 e. The van der Waals surface area contributed by atoms with Crippen LogP contribution < -0.4 is 5.73 Å². The van der Waals surface area contributed by atoms with Crippen molar-refractivity contribution in [2.24, 2.45) is 5.73 Å². The molecule has 2 rings (SSSR count). The molecule has 116 valence electrons. The lowest BCUT2D eigenvalue weighted by atomic mass is 10.1. The Kier molecular flexibility index (Phi) is 5.90. The molecule has 0 amide bonds. The quantitative estimate of drug-likeness (QED) is 0.721. The molecule has 0 fully saturated rings. The fourth-order valence-corrected chi connectivity index (χ4v) is 2.70. The van der Waals surface area contributed by atoms with Gasteiger partial charge in [-0.25, -0.2) is 0 Å². The number of nitrogens with zero attached hydrogens (tertiary/aromatic N) is 2. The van der Waals surface area contributed by atoms with Crippen LogP contribution in [0.3, 0.4) is 0 Å². The Morgan fingerprint density at radius 3 is 3.00 bits per heavy atom. The van der Waals surface area contributed by atoms with E-state index in [-0.39, 0.29) is 0 Å². The summed E-state index contributed by atoms with van der Waals surface area (Å²) in [7, 11) is 0. The van der Waals surface area contributed by atoms with Gasteiger partial charge in [-0.05, 0) is 37.6 Å².